The normalized spacial score (nSPS) is 14.4. The summed E-state index contributed by atoms with van der Waals surface area (Å²) >= 11 is 1.53. The van der Waals surface area contributed by atoms with Gasteiger partial charge in [-0.05, 0) is 23.3 Å². The molecule has 0 spiro atoms. The number of aromatic nitrogens is 1. The Morgan fingerprint density at radius 2 is 2.15 bits per heavy atom. The minimum absolute atomic E-state index is 0.332. The van der Waals surface area contributed by atoms with Gasteiger partial charge in [-0.3, -0.25) is 0 Å². The van der Waals surface area contributed by atoms with Crippen LogP contribution in [-0.4, -0.2) is 19.9 Å². The highest BCUT2D eigenvalue weighted by molar-refractivity contribution is 7.89. The lowest BCUT2D eigenvalue weighted by atomic mass is 10.1. The number of sulfonamides is 1. The maximum Gasteiger partial charge on any atom is 0.240 e. The Balaban J connectivity index is 1.68. The molecule has 0 aliphatic carbocycles. The lowest BCUT2D eigenvalue weighted by molar-refractivity contribution is 0.581. The second kappa shape index (κ2) is 5.61. The van der Waals surface area contributed by atoms with Gasteiger partial charge in [0.1, 0.15) is 0 Å². The molecule has 0 fully saturated rings. The summed E-state index contributed by atoms with van der Waals surface area (Å²) < 4.78 is 27.0. The lowest BCUT2D eigenvalue weighted by Crippen LogP contribution is -2.26. The lowest BCUT2D eigenvalue weighted by Gasteiger charge is -2.07. The van der Waals surface area contributed by atoms with Crippen molar-refractivity contribution in [2.45, 2.75) is 24.4 Å². The third kappa shape index (κ3) is 2.90. The van der Waals surface area contributed by atoms with E-state index in [-0.39, 0.29) is 0 Å². The molecule has 0 saturated heterocycles. The molecule has 2 aromatic rings. The van der Waals surface area contributed by atoms with Crippen LogP contribution in [0.25, 0.3) is 0 Å². The molecule has 3 rings (SSSR count). The van der Waals surface area contributed by atoms with E-state index < -0.39 is 10.0 Å². The molecule has 5 nitrogen and oxygen atoms in total. The zero-order chi connectivity index (χ0) is 14.0. The third-order valence-corrected chi connectivity index (χ3v) is 5.53. The smallest absolute Gasteiger partial charge is 0.240 e. The van der Waals surface area contributed by atoms with Crippen molar-refractivity contribution in [3.63, 3.8) is 0 Å². The van der Waals surface area contributed by atoms with Crippen molar-refractivity contribution < 1.29 is 8.42 Å². The second-order valence-electron chi connectivity index (χ2n) is 4.61. The monoisotopic (exact) mass is 309 g/mol. The van der Waals surface area contributed by atoms with E-state index >= 15 is 0 Å². The fourth-order valence-corrected chi connectivity index (χ4v) is 3.89. The molecular weight excluding hydrogens is 294 g/mol. The molecule has 2 heterocycles. The number of thiazole rings is 1. The van der Waals surface area contributed by atoms with E-state index in [2.05, 4.69) is 15.0 Å². The van der Waals surface area contributed by atoms with Crippen molar-refractivity contribution in [2.75, 3.05) is 6.54 Å². The number of benzene rings is 1. The van der Waals surface area contributed by atoms with Gasteiger partial charge in [-0.1, -0.05) is 6.07 Å². The van der Waals surface area contributed by atoms with E-state index in [1.807, 2.05) is 11.4 Å². The summed E-state index contributed by atoms with van der Waals surface area (Å²) in [6.07, 6.45) is 2.34. The van der Waals surface area contributed by atoms with Crippen LogP contribution in [0.1, 0.15) is 16.1 Å². The van der Waals surface area contributed by atoms with Gasteiger partial charge in [0, 0.05) is 37.6 Å². The van der Waals surface area contributed by atoms with Gasteiger partial charge in [0.25, 0.3) is 0 Å². The summed E-state index contributed by atoms with van der Waals surface area (Å²) in [5.41, 5.74) is 2.24. The predicted molar refractivity (Wildman–Crippen MR) is 78.0 cm³/mol. The third-order valence-electron chi connectivity index (χ3n) is 3.23. The van der Waals surface area contributed by atoms with Crippen molar-refractivity contribution in [1.29, 1.82) is 0 Å². The zero-order valence-corrected chi connectivity index (χ0v) is 12.4. The first-order valence-corrected chi connectivity index (χ1v) is 8.72. The van der Waals surface area contributed by atoms with Crippen LogP contribution in [0.5, 0.6) is 0 Å². The number of hydrogen-bond acceptors (Lipinski definition) is 5. The zero-order valence-electron chi connectivity index (χ0n) is 10.8. The molecule has 0 radical (unpaired) electrons. The Kier molecular flexibility index (Phi) is 3.84. The first-order chi connectivity index (χ1) is 9.65. The number of nitrogens with zero attached hydrogens (tertiary/aromatic N) is 1. The molecule has 0 amide bonds. The van der Waals surface area contributed by atoms with Crippen molar-refractivity contribution in [1.82, 2.24) is 15.0 Å². The highest BCUT2D eigenvalue weighted by Crippen LogP contribution is 2.19. The van der Waals surface area contributed by atoms with Crippen molar-refractivity contribution in [3.8, 4) is 0 Å². The fourth-order valence-electron chi connectivity index (χ4n) is 2.19. The molecule has 0 bridgehead atoms. The predicted octanol–water partition coefficient (Wildman–Crippen LogP) is 1.27. The molecule has 1 aliphatic heterocycles. The standard InChI is InChI=1S/C13H15N3O2S2/c17-20(18,16-4-3-13-15-5-6-19-13)12-2-1-10-8-14-9-11(10)7-12/h1-2,5-7,14,16H,3-4,8-9H2. The van der Waals surface area contributed by atoms with Gasteiger partial charge in [0.15, 0.2) is 0 Å². The molecule has 0 atom stereocenters. The Morgan fingerprint density at radius 3 is 2.95 bits per heavy atom. The number of hydrogen-bond donors (Lipinski definition) is 2. The molecule has 1 aliphatic rings. The highest BCUT2D eigenvalue weighted by Gasteiger charge is 2.17. The van der Waals surface area contributed by atoms with E-state index in [1.54, 1.807) is 18.3 Å². The van der Waals surface area contributed by atoms with Crippen LogP contribution in [0.4, 0.5) is 0 Å². The quantitative estimate of drug-likeness (QED) is 0.872. The van der Waals surface area contributed by atoms with Crippen LogP contribution >= 0.6 is 11.3 Å². The summed E-state index contributed by atoms with van der Waals surface area (Å²) in [6, 6.07) is 5.29. The Hall–Kier alpha value is -1.28. The summed E-state index contributed by atoms with van der Waals surface area (Å²) in [5, 5.41) is 6.03. The fraction of sp³-hybridized carbons (Fsp3) is 0.308. The SMILES string of the molecule is O=S(=O)(NCCc1nccs1)c1ccc2c(c1)CNC2. The summed E-state index contributed by atoms with van der Waals surface area (Å²) in [7, 11) is -3.44. The van der Waals surface area contributed by atoms with E-state index in [9.17, 15) is 8.42 Å². The molecule has 7 heteroatoms. The van der Waals surface area contributed by atoms with Crippen LogP contribution in [0.3, 0.4) is 0 Å². The van der Waals surface area contributed by atoms with E-state index in [0.717, 1.165) is 23.7 Å². The minimum atomic E-state index is -3.44. The van der Waals surface area contributed by atoms with Gasteiger partial charge in [0.05, 0.1) is 9.90 Å². The van der Waals surface area contributed by atoms with Gasteiger partial charge < -0.3 is 5.32 Å². The highest BCUT2D eigenvalue weighted by atomic mass is 32.2. The topological polar surface area (TPSA) is 71.1 Å². The molecule has 1 aromatic carbocycles. The van der Waals surface area contributed by atoms with Crippen molar-refractivity contribution >= 4 is 21.4 Å². The maximum atomic E-state index is 12.2. The van der Waals surface area contributed by atoms with E-state index in [0.29, 0.717) is 17.9 Å². The molecule has 106 valence electrons. The molecule has 20 heavy (non-hydrogen) atoms. The van der Waals surface area contributed by atoms with Gasteiger partial charge in [0.2, 0.25) is 10.0 Å². The number of fused-ring (bicyclic) bond motifs is 1. The van der Waals surface area contributed by atoms with Crippen molar-refractivity contribution in [2.24, 2.45) is 0 Å². The summed E-state index contributed by atoms with van der Waals surface area (Å²) in [5.74, 6) is 0. The van der Waals surface area contributed by atoms with Crippen LogP contribution in [0, 0.1) is 0 Å². The number of nitrogens with one attached hydrogen (secondary N) is 2. The molecule has 0 saturated carbocycles. The minimum Gasteiger partial charge on any atom is -0.309 e. The van der Waals surface area contributed by atoms with Gasteiger partial charge in [-0.15, -0.1) is 11.3 Å². The van der Waals surface area contributed by atoms with E-state index in [4.69, 9.17) is 0 Å². The molecule has 1 aromatic heterocycles. The second-order valence-corrected chi connectivity index (χ2v) is 7.35. The van der Waals surface area contributed by atoms with Gasteiger partial charge >= 0.3 is 0 Å². The van der Waals surface area contributed by atoms with Crippen LogP contribution in [-0.2, 0) is 29.5 Å². The largest absolute Gasteiger partial charge is 0.309 e. The average molecular weight is 309 g/mol. The van der Waals surface area contributed by atoms with Crippen LogP contribution in [0.2, 0.25) is 0 Å². The van der Waals surface area contributed by atoms with Gasteiger partial charge in [-0.2, -0.15) is 0 Å². The first-order valence-electron chi connectivity index (χ1n) is 6.36. The number of rotatable bonds is 5. The Bertz CT molecular complexity index is 696. The first kappa shape index (κ1) is 13.7. The average Bonchev–Trinajstić information content (AvgIpc) is 3.08. The van der Waals surface area contributed by atoms with Crippen molar-refractivity contribution in [3.05, 3.63) is 45.9 Å². The van der Waals surface area contributed by atoms with Crippen LogP contribution in [0.15, 0.2) is 34.7 Å². The van der Waals surface area contributed by atoms with E-state index in [1.165, 1.54) is 16.9 Å². The van der Waals surface area contributed by atoms with Gasteiger partial charge in [-0.25, -0.2) is 18.1 Å². The van der Waals surface area contributed by atoms with Crippen LogP contribution < -0.4 is 10.0 Å². The Morgan fingerprint density at radius 1 is 1.30 bits per heavy atom. The summed E-state index contributed by atoms with van der Waals surface area (Å²) in [4.78, 5) is 4.46. The summed E-state index contributed by atoms with van der Waals surface area (Å²) in [6.45, 7) is 1.91. The molecule has 2 N–H and O–H groups in total. The Labute approximate surface area is 122 Å². The molecule has 0 unspecified atom stereocenters. The molecular formula is C13H15N3O2S2. The maximum absolute atomic E-state index is 12.2.